The van der Waals surface area contributed by atoms with Crippen LogP contribution in [-0.4, -0.2) is 27.7 Å². The van der Waals surface area contributed by atoms with Gasteiger partial charge >= 0.3 is 127 Å². The van der Waals surface area contributed by atoms with E-state index in [0.29, 0.717) is 15.7 Å². The molecule has 1 aliphatic heterocycles. The first-order valence-electron chi connectivity index (χ1n) is 5.29. The third kappa shape index (κ3) is 2.56. The second kappa shape index (κ2) is 5.56. The van der Waals surface area contributed by atoms with Crippen molar-refractivity contribution in [2.75, 3.05) is 0 Å². The summed E-state index contributed by atoms with van der Waals surface area (Å²) in [6, 6.07) is 9.66. The first-order chi connectivity index (χ1) is 9.08. The van der Waals surface area contributed by atoms with E-state index in [-0.39, 0.29) is 5.84 Å². The van der Waals surface area contributed by atoms with Crippen LogP contribution in [0.4, 0.5) is 0 Å². The fourth-order valence-corrected chi connectivity index (χ4v) is 2.70. The van der Waals surface area contributed by atoms with Crippen molar-refractivity contribution >= 4 is 43.6 Å². The Balaban J connectivity index is 2.65. The van der Waals surface area contributed by atoms with E-state index in [2.05, 4.69) is 48.9 Å². The molecule has 2 rings (SSSR count). The van der Waals surface area contributed by atoms with Crippen molar-refractivity contribution in [3.63, 3.8) is 0 Å². The summed E-state index contributed by atoms with van der Waals surface area (Å²) in [4.78, 5) is 4.05. The van der Waals surface area contributed by atoms with Crippen molar-refractivity contribution < 1.29 is 0 Å². The molecule has 1 heterocycles. The maximum atomic E-state index is 9.30. The van der Waals surface area contributed by atoms with Gasteiger partial charge in [0.25, 0.3) is 0 Å². The van der Waals surface area contributed by atoms with Gasteiger partial charge in [0.15, 0.2) is 0 Å². The summed E-state index contributed by atoms with van der Waals surface area (Å²) >= 11 is 6.11. The molecular weight excluding hydrogens is 371 g/mol. The van der Waals surface area contributed by atoms with Gasteiger partial charge in [-0.3, -0.25) is 0 Å². The molecule has 0 spiro atoms. The molecule has 1 radical (unpaired) electrons. The molecule has 1 aliphatic rings. The van der Waals surface area contributed by atoms with E-state index >= 15 is 0 Å². The third-order valence-corrected chi connectivity index (χ3v) is 3.95. The molecule has 0 saturated heterocycles. The monoisotopic (exact) mass is 379 g/mol. The summed E-state index contributed by atoms with van der Waals surface area (Å²) in [7, 11) is 0. The molecule has 3 N–H and O–H groups in total. The topological polar surface area (TPSA) is 86.0 Å². The summed E-state index contributed by atoms with van der Waals surface area (Å²) in [6.07, 6.45) is 0. The molecule has 93 valence electrons. The number of allylic oxidation sites excluding steroid dienone is 1. The number of nitrogens with two attached hydrogens (primary N) is 1. The van der Waals surface area contributed by atoms with Crippen molar-refractivity contribution in [2.45, 2.75) is 5.92 Å². The van der Waals surface area contributed by atoms with Crippen molar-refractivity contribution in [1.29, 1.82) is 10.7 Å². The summed E-state index contributed by atoms with van der Waals surface area (Å²) < 4.78 is 1.41. The number of halogens is 1. The van der Waals surface area contributed by atoms with Crippen LogP contribution in [-0.2, 0) is 0 Å². The van der Waals surface area contributed by atoms with Crippen molar-refractivity contribution in [1.82, 2.24) is 0 Å². The average molecular weight is 379 g/mol. The number of rotatable bonds is 1. The molecule has 0 aromatic heterocycles. The Hall–Kier alpha value is -1.63. The predicted octanol–water partition coefficient (Wildman–Crippen LogP) is 1.98. The standard InChI is InChI=1S/C13H8BrN4Se/c14-8-3-1-7(2-4-8)11-9(5-15)12(17)18-13(19)10(11)6-16/h1-4,11,15H,(H2,17,18). The van der Waals surface area contributed by atoms with Gasteiger partial charge in [-0.15, -0.1) is 0 Å². The molecule has 4 nitrogen and oxygen atoms in total. The maximum absolute atomic E-state index is 9.30. The predicted molar refractivity (Wildman–Crippen MR) is 78.1 cm³/mol. The SMILES string of the molecule is N#CC1=C([Se])N=C(N)C(=C=N)C1c1ccc(Br)cc1. The van der Waals surface area contributed by atoms with Gasteiger partial charge in [0, 0.05) is 0 Å². The molecule has 6 heteroatoms. The minimum atomic E-state index is -0.399. The summed E-state index contributed by atoms with van der Waals surface area (Å²) in [6.45, 7) is 0. The zero-order valence-corrected chi connectivity index (χ0v) is 12.9. The van der Waals surface area contributed by atoms with Gasteiger partial charge in [-0.05, 0) is 0 Å². The molecule has 1 unspecified atom stereocenters. The first-order valence-corrected chi connectivity index (χ1v) is 6.94. The molecule has 1 aromatic rings. The van der Waals surface area contributed by atoms with Gasteiger partial charge in [-0.2, -0.15) is 0 Å². The second-order valence-corrected chi connectivity index (χ2v) is 5.58. The molecule has 0 amide bonds. The molecule has 0 fully saturated rings. The van der Waals surface area contributed by atoms with Gasteiger partial charge in [0.2, 0.25) is 0 Å². The Kier molecular flexibility index (Phi) is 4.04. The van der Waals surface area contributed by atoms with Crippen LogP contribution in [0.2, 0.25) is 0 Å². The van der Waals surface area contributed by atoms with E-state index in [1.807, 2.05) is 24.3 Å². The number of nitriles is 1. The second-order valence-electron chi connectivity index (χ2n) is 3.85. The van der Waals surface area contributed by atoms with Crippen molar-refractivity contribution in [2.24, 2.45) is 10.7 Å². The zero-order valence-electron chi connectivity index (χ0n) is 9.64. The van der Waals surface area contributed by atoms with E-state index in [1.54, 1.807) is 0 Å². The fraction of sp³-hybridized carbons (Fsp3) is 0.0769. The Morgan fingerprint density at radius 3 is 2.53 bits per heavy atom. The van der Waals surface area contributed by atoms with Crippen LogP contribution in [0.25, 0.3) is 0 Å². The first kappa shape index (κ1) is 13.8. The number of nitrogens with zero attached hydrogens (tertiary/aromatic N) is 2. The van der Waals surface area contributed by atoms with Gasteiger partial charge in [0.05, 0.1) is 0 Å². The Morgan fingerprint density at radius 1 is 1.37 bits per heavy atom. The van der Waals surface area contributed by atoms with E-state index in [0.717, 1.165) is 10.0 Å². The van der Waals surface area contributed by atoms with Crippen molar-refractivity contribution in [3.8, 4) is 6.07 Å². The number of aliphatic imine (C=N–C) groups is 1. The van der Waals surface area contributed by atoms with Gasteiger partial charge in [-0.25, -0.2) is 0 Å². The molecule has 0 bridgehead atoms. The minimum absolute atomic E-state index is 0.218. The average Bonchev–Trinajstić information content (AvgIpc) is 2.39. The molecular formula is C13H8BrN4Se. The summed E-state index contributed by atoms with van der Waals surface area (Å²) in [5.41, 5.74) is 7.55. The number of hydrogen-bond acceptors (Lipinski definition) is 4. The van der Waals surface area contributed by atoms with Crippen LogP contribution < -0.4 is 5.73 Å². The van der Waals surface area contributed by atoms with E-state index in [9.17, 15) is 5.26 Å². The number of amidine groups is 1. The third-order valence-electron chi connectivity index (χ3n) is 2.76. The van der Waals surface area contributed by atoms with Gasteiger partial charge in [-0.1, -0.05) is 0 Å². The zero-order chi connectivity index (χ0) is 14.0. The van der Waals surface area contributed by atoms with E-state index in [1.165, 1.54) is 0 Å². The van der Waals surface area contributed by atoms with Gasteiger partial charge < -0.3 is 0 Å². The van der Waals surface area contributed by atoms with E-state index < -0.39 is 5.92 Å². The normalized spacial score (nSPS) is 18.6. The molecule has 0 aliphatic carbocycles. The summed E-state index contributed by atoms with van der Waals surface area (Å²) in [5.74, 6) is 2.12. The van der Waals surface area contributed by atoms with Crippen LogP contribution in [0, 0.1) is 16.7 Å². The van der Waals surface area contributed by atoms with Crippen LogP contribution in [0.1, 0.15) is 11.5 Å². The molecule has 1 aromatic carbocycles. The molecule has 0 saturated carbocycles. The molecule has 19 heavy (non-hydrogen) atoms. The summed E-state index contributed by atoms with van der Waals surface area (Å²) in [5, 5.41) is 16.7. The van der Waals surface area contributed by atoms with Crippen LogP contribution in [0.3, 0.4) is 0 Å². The molecule has 1 atom stereocenters. The van der Waals surface area contributed by atoms with Crippen LogP contribution in [0.15, 0.2) is 49.5 Å². The van der Waals surface area contributed by atoms with Gasteiger partial charge in [0.1, 0.15) is 0 Å². The quantitative estimate of drug-likeness (QED) is 0.578. The fourth-order valence-electron chi connectivity index (χ4n) is 1.88. The number of benzene rings is 1. The Labute approximate surface area is 127 Å². The van der Waals surface area contributed by atoms with Crippen LogP contribution in [0.5, 0.6) is 0 Å². The Morgan fingerprint density at radius 2 is 2.00 bits per heavy atom. The number of hydrogen-bond donors (Lipinski definition) is 2. The number of nitrogens with one attached hydrogen (secondary N) is 1. The van der Waals surface area contributed by atoms with E-state index in [4.69, 9.17) is 11.1 Å². The van der Waals surface area contributed by atoms with Crippen LogP contribution >= 0.6 is 15.9 Å². The van der Waals surface area contributed by atoms with Crippen molar-refractivity contribution in [3.05, 3.63) is 50.0 Å². The Bertz CT molecular complexity index is 676.